The number of amidine groups is 1. The third-order valence-electron chi connectivity index (χ3n) is 2.31. The van der Waals surface area contributed by atoms with Crippen molar-refractivity contribution >= 4 is 5.84 Å². The van der Waals surface area contributed by atoms with Gasteiger partial charge in [0.25, 0.3) is 0 Å². The molecule has 1 heterocycles. The lowest BCUT2D eigenvalue weighted by Gasteiger charge is -2.02. The molecule has 84 valence electrons. The minimum Gasteiger partial charge on any atom is -0.387 e. The van der Waals surface area contributed by atoms with Gasteiger partial charge in [0, 0.05) is 25.2 Å². The summed E-state index contributed by atoms with van der Waals surface area (Å²) in [5.74, 6) is 0.739. The smallest absolute Gasteiger partial charge is 0.0934 e. The van der Waals surface area contributed by atoms with Gasteiger partial charge in [-0.1, -0.05) is 6.92 Å². The fraction of sp³-hybridized carbons (Fsp3) is 0.636. The van der Waals surface area contributed by atoms with Crippen molar-refractivity contribution in [3.05, 3.63) is 17.5 Å². The standard InChI is InChI=1S/C11H20N4/c1-4-11(12)13-6-5-7-15-10(3)8-9(2)14-15/h8H,4-7H2,1-3H3,(H2,12,13). The molecule has 0 saturated carbocycles. The Bertz CT molecular complexity index is 338. The molecule has 1 aromatic rings. The lowest BCUT2D eigenvalue weighted by Crippen LogP contribution is -2.11. The van der Waals surface area contributed by atoms with E-state index in [1.807, 2.05) is 18.5 Å². The molecule has 0 unspecified atom stereocenters. The molecule has 0 spiro atoms. The predicted octanol–water partition coefficient (Wildman–Crippen LogP) is 1.66. The third-order valence-corrected chi connectivity index (χ3v) is 2.31. The van der Waals surface area contributed by atoms with E-state index in [4.69, 9.17) is 5.73 Å². The van der Waals surface area contributed by atoms with Crippen LogP contribution in [-0.4, -0.2) is 22.2 Å². The molecule has 0 amide bonds. The van der Waals surface area contributed by atoms with Crippen molar-refractivity contribution in [2.45, 2.75) is 40.2 Å². The second-order valence-corrected chi connectivity index (χ2v) is 3.73. The van der Waals surface area contributed by atoms with E-state index < -0.39 is 0 Å². The van der Waals surface area contributed by atoms with Crippen LogP contribution in [0.25, 0.3) is 0 Å². The molecule has 0 bridgehead atoms. The van der Waals surface area contributed by atoms with Gasteiger partial charge in [0.15, 0.2) is 0 Å². The lowest BCUT2D eigenvalue weighted by atomic mass is 10.4. The van der Waals surface area contributed by atoms with E-state index in [2.05, 4.69) is 23.1 Å². The van der Waals surface area contributed by atoms with Gasteiger partial charge in [-0.3, -0.25) is 9.67 Å². The number of nitrogens with two attached hydrogens (primary N) is 1. The zero-order valence-electron chi connectivity index (χ0n) is 9.82. The van der Waals surface area contributed by atoms with E-state index in [-0.39, 0.29) is 0 Å². The molecule has 4 heteroatoms. The van der Waals surface area contributed by atoms with E-state index in [0.29, 0.717) is 0 Å². The summed E-state index contributed by atoms with van der Waals surface area (Å²) >= 11 is 0. The Hall–Kier alpha value is -1.32. The first-order chi connectivity index (χ1) is 7.13. The molecule has 1 aromatic heterocycles. The van der Waals surface area contributed by atoms with Crippen LogP contribution in [0.3, 0.4) is 0 Å². The number of aryl methyl sites for hydroxylation is 3. The van der Waals surface area contributed by atoms with Crippen LogP contribution in [0.5, 0.6) is 0 Å². The molecular formula is C11H20N4. The largest absolute Gasteiger partial charge is 0.387 e. The van der Waals surface area contributed by atoms with Gasteiger partial charge in [-0.25, -0.2) is 0 Å². The SMILES string of the molecule is CCC(N)=NCCCn1nc(C)cc1C. The van der Waals surface area contributed by atoms with E-state index in [9.17, 15) is 0 Å². The predicted molar refractivity (Wildman–Crippen MR) is 63.1 cm³/mol. The van der Waals surface area contributed by atoms with Crippen molar-refractivity contribution in [2.24, 2.45) is 10.7 Å². The molecule has 4 nitrogen and oxygen atoms in total. The molecule has 0 fully saturated rings. The highest BCUT2D eigenvalue weighted by molar-refractivity contribution is 5.79. The maximum absolute atomic E-state index is 5.61. The minimum absolute atomic E-state index is 0.739. The zero-order valence-corrected chi connectivity index (χ0v) is 9.82. The molecular weight excluding hydrogens is 188 g/mol. The van der Waals surface area contributed by atoms with E-state index in [1.165, 1.54) is 5.69 Å². The first-order valence-corrected chi connectivity index (χ1v) is 5.43. The number of rotatable bonds is 5. The topological polar surface area (TPSA) is 56.2 Å². The van der Waals surface area contributed by atoms with Gasteiger partial charge in [0.05, 0.1) is 11.5 Å². The van der Waals surface area contributed by atoms with Gasteiger partial charge in [0.1, 0.15) is 0 Å². The second kappa shape index (κ2) is 5.53. The molecule has 2 N–H and O–H groups in total. The maximum atomic E-state index is 5.61. The van der Waals surface area contributed by atoms with E-state index in [1.54, 1.807) is 0 Å². The first-order valence-electron chi connectivity index (χ1n) is 5.43. The quantitative estimate of drug-likeness (QED) is 0.454. The summed E-state index contributed by atoms with van der Waals surface area (Å²) in [6.07, 6.45) is 1.82. The lowest BCUT2D eigenvalue weighted by molar-refractivity contribution is 0.568. The van der Waals surface area contributed by atoms with Crippen LogP contribution in [0.1, 0.15) is 31.2 Å². The van der Waals surface area contributed by atoms with Crippen molar-refractivity contribution in [2.75, 3.05) is 6.54 Å². The third kappa shape index (κ3) is 3.73. The van der Waals surface area contributed by atoms with Gasteiger partial charge in [0.2, 0.25) is 0 Å². The summed E-state index contributed by atoms with van der Waals surface area (Å²) in [5, 5.41) is 4.38. The summed E-state index contributed by atoms with van der Waals surface area (Å²) in [6, 6.07) is 2.09. The van der Waals surface area contributed by atoms with Crippen molar-refractivity contribution in [3.63, 3.8) is 0 Å². The highest BCUT2D eigenvalue weighted by Crippen LogP contribution is 2.02. The van der Waals surface area contributed by atoms with Crippen LogP contribution in [-0.2, 0) is 6.54 Å². The van der Waals surface area contributed by atoms with Crippen LogP contribution in [0, 0.1) is 13.8 Å². The molecule has 0 aliphatic heterocycles. The van der Waals surface area contributed by atoms with Gasteiger partial charge in [-0.05, 0) is 26.3 Å². The first kappa shape index (κ1) is 11.8. The Morgan fingerprint density at radius 3 is 2.80 bits per heavy atom. The fourth-order valence-electron chi connectivity index (χ4n) is 1.46. The van der Waals surface area contributed by atoms with Gasteiger partial charge < -0.3 is 5.73 Å². The normalized spacial score (nSPS) is 12.1. The van der Waals surface area contributed by atoms with E-state index >= 15 is 0 Å². The fourth-order valence-corrected chi connectivity index (χ4v) is 1.46. The van der Waals surface area contributed by atoms with Gasteiger partial charge in [-0.2, -0.15) is 5.10 Å². The molecule has 0 saturated heterocycles. The highest BCUT2D eigenvalue weighted by atomic mass is 15.3. The molecule has 15 heavy (non-hydrogen) atoms. The Labute approximate surface area is 91.2 Å². The van der Waals surface area contributed by atoms with Crippen LogP contribution in [0.4, 0.5) is 0 Å². The van der Waals surface area contributed by atoms with Crippen LogP contribution in [0.15, 0.2) is 11.1 Å². The average molecular weight is 208 g/mol. The molecule has 0 aliphatic carbocycles. The van der Waals surface area contributed by atoms with Crippen molar-refractivity contribution in [3.8, 4) is 0 Å². The summed E-state index contributed by atoms with van der Waals surface area (Å²) in [6.45, 7) is 7.80. The molecule has 1 rings (SSSR count). The zero-order chi connectivity index (χ0) is 11.3. The van der Waals surface area contributed by atoms with Crippen LogP contribution in [0.2, 0.25) is 0 Å². The van der Waals surface area contributed by atoms with E-state index in [0.717, 1.165) is 37.5 Å². The molecule has 0 atom stereocenters. The Morgan fingerprint density at radius 1 is 1.53 bits per heavy atom. The molecule has 0 aromatic carbocycles. The maximum Gasteiger partial charge on any atom is 0.0934 e. The van der Waals surface area contributed by atoms with Crippen molar-refractivity contribution in [1.82, 2.24) is 9.78 Å². The summed E-state index contributed by atoms with van der Waals surface area (Å²) in [4.78, 5) is 4.25. The van der Waals surface area contributed by atoms with Crippen molar-refractivity contribution < 1.29 is 0 Å². The molecule has 0 aliphatic rings. The number of hydrogen-bond donors (Lipinski definition) is 1. The summed E-state index contributed by atoms with van der Waals surface area (Å²) in [5.41, 5.74) is 7.90. The van der Waals surface area contributed by atoms with Crippen LogP contribution < -0.4 is 5.73 Å². The number of aromatic nitrogens is 2. The summed E-state index contributed by atoms with van der Waals surface area (Å²) < 4.78 is 2.02. The Balaban J connectivity index is 2.35. The number of nitrogens with zero attached hydrogens (tertiary/aromatic N) is 3. The Morgan fingerprint density at radius 2 is 2.27 bits per heavy atom. The molecule has 0 radical (unpaired) electrons. The number of hydrogen-bond acceptors (Lipinski definition) is 2. The van der Waals surface area contributed by atoms with Gasteiger partial charge >= 0.3 is 0 Å². The Kier molecular flexibility index (Phi) is 4.34. The highest BCUT2D eigenvalue weighted by Gasteiger charge is 1.99. The number of aliphatic imine (C=N–C) groups is 1. The minimum atomic E-state index is 0.739. The monoisotopic (exact) mass is 208 g/mol. The van der Waals surface area contributed by atoms with Gasteiger partial charge in [-0.15, -0.1) is 0 Å². The average Bonchev–Trinajstić information content (AvgIpc) is 2.52. The summed E-state index contributed by atoms with van der Waals surface area (Å²) in [7, 11) is 0. The second-order valence-electron chi connectivity index (χ2n) is 3.73. The van der Waals surface area contributed by atoms with Crippen molar-refractivity contribution in [1.29, 1.82) is 0 Å². The van der Waals surface area contributed by atoms with Crippen LogP contribution >= 0.6 is 0 Å².